The molecule has 1 atom stereocenters. The molecule has 0 bridgehead atoms. The fourth-order valence-corrected chi connectivity index (χ4v) is 4.73. The van der Waals surface area contributed by atoms with Crippen molar-refractivity contribution in [1.29, 1.82) is 0 Å². The first kappa shape index (κ1) is 37.2. The zero-order valence-corrected chi connectivity index (χ0v) is 25.7. The number of carbonyl (C=O) groups is 2. The molecule has 0 spiro atoms. The summed E-state index contributed by atoms with van der Waals surface area (Å²) in [6, 6.07) is 0. The number of aliphatic carboxylic acids is 1. The molecule has 0 aromatic carbocycles. The summed E-state index contributed by atoms with van der Waals surface area (Å²) in [4.78, 5) is 23.2. The number of hydrogen-bond acceptors (Lipinski definition) is 3. The Balaban J connectivity index is 3.85. The van der Waals surface area contributed by atoms with Crippen LogP contribution in [0.2, 0.25) is 0 Å². The van der Waals surface area contributed by atoms with Gasteiger partial charge in [-0.2, -0.15) is 0 Å². The van der Waals surface area contributed by atoms with Crippen molar-refractivity contribution in [2.24, 2.45) is 0 Å². The second-order valence-electron chi connectivity index (χ2n) is 11.0. The first-order valence-corrected chi connectivity index (χ1v) is 16.5. The normalized spacial score (nSPS) is 12.7. The highest BCUT2D eigenvalue weighted by molar-refractivity contribution is 5.69. The highest BCUT2D eigenvalue weighted by Crippen LogP contribution is 2.18. The Morgan fingerprint density at radius 3 is 1.69 bits per heavy atom. The summed E-state index contributed by atoms with van der Waals surface area (Å²) in [5.74, 6) is -0.817. The van der Waals surface area contributed by atoms with Crippen LogP contribution in [-0.2, 0) is 14.3 Å². The quantitative estimate of drug-likeness (QED) is 0.0575. The number of esters is 1. The number of ether oxygens (including phenoxy) is 1. The van der Waals surface area contributed by atoms with Crippen molar-refractivity contribution in [3.8, 4) is 0 Å². The zero-order chi connectivity index (χ0) is 28.7. The molecule has 0 aromatic heterocycles. The molecule has 4 heteroatoms. The molecule has 226 valence electrons. The van der Waals surface area contributed by atoms with E-state index in [1.807, 2.05) is 0 Å². The van der Waals surface area contributed by atoms with Crippen LogP contribution in [0.4, 0.5) is 0 Å². The van der Waals surface area contributed by atoms with Gasteiger partial charge in [0.15, 0.2) is 0 Å². The molecular weight excluding hydrogens is 484 g/mol. The van der Waals surface area contributed by atoms with Crippen LogP contribution in [0.15, 0.2) is 36.5 Å². The van der Waals surface area contributed by atoms with Gasteiger partial charge in [-0.05, 0) is 70.6 Å². The number of rotatable bonds is 29. The van der Waals surface area contributed by atoms with Crippen LogP contribution in [-0.4, -0.2) is 23.1 Å². The van der Waals surface area contributed by atoms with E-state index in [-0.39, 0.29) is 18.5 Å². The Morgan fingerprint density at radius 2 is 1.08 bits per heavy atom. The molecule has 4 nitrogen and oxygen atoms in total. The van der Waals surface area contributed by atoms with Gasteiger partial charge in [0.1, 0.15) is 6.10 Å². The lowest BCUT2D eigenvalue weighted by Crippen LogP contribution is -2.18. The number of unbranched alkanes of at least 4 members (excludes halogenated alkanes) is 14. The minimum absolute atomic E-state index is 0.0463. The van der Waals surface area contributed by atoms with Crippen LogP contribution >= 0.6 is 0 Å². The van der Waals surface area contributed by atoms with Crippen LogP contribution in [0, 0.1) is 0 Å². The average molecular weight is 547 g/mol. The molecule has 0 saturated heterocycles. The maximum atomic E-state index is 12.4. The van der Waals surface area contributed by atoms with Crippen LogP contribution < -0.4 is 0 Å². The van der Waals surface area contributed by atoms with Gasteiger partial charge in [-0.15, -0.1) is 0 Å². The second-order valence-corrected chi connectivity index (χ2v) is 11.0. The van der Waals surface area contributed by atoms with Crippen molar-refractivity contribution in [3.05, 3.63) is 36.5 Å². The Kier molecular flexibility index (Phi) is 29.2. The van der Waals surface area contributed by atoms with Crippen molar-refractivity contribution in [3.63, 3.8) is 0 Å². The molecule has 0 amide bonds. The monoisotopic (exact) mass is 546 g/mol. The lowest BCUT2D eigenvalue weighted by atomic mass is 10.0. The maximum absolute atomic E-state index is 12.4. The lowest BCUT2D eigenvalue weighted by Gasteiger charge is -2.18. The van der Waals surface area contributed by atoms with Gasteiger partial charge in [-0.1, -0.05) is 121 Å². The van der Waals surface area contributed by atoms with Gasteiger partial charge in [0, 0.05) is 12.8 Å². The van der Waals surface area contributed by atoms with E-state index in [0.717, 1.165) is 57.8 Å². The van der Waals surface area contributed by atoms with Gasteiger partial charge in [0.05, 0.1) is 0 Å². The molecule has 0 radical (unpaired) electrons. The third kappa shape index (κ3) is 30.6. The summed E-state index contributed by atoms with van der Waals surface area (Å²) >= 11 is 0. The summed E-state index contributed by atoms with van der Waals surface area (Å²) in [5.41, 5.74) is 0. The molecule has 0 fully saturated rings. The van der Waals surface area contributed by atoms with Gasteiger partial charge in [-0.3, -0.25) is 9.59 Å². The van der Waals surface area contributed by atoms with Crippen molar-refractivity contribution in [2.45, 2.75) is 174 Å². The summed E-state index contributed by atoms with van der Waals surface area (Å²) in [6.07, 6.45) is 38.7. The van der Waals surface area contributed by atoms with Gasteiger partial charge in [0.25, 0.3) is 0 Å². The van der Waals surface area contributed by atoms with E-state index in [1.54, 1.807) is 0 Å². The van der Waals surface area contributed by atoms with E-state index < -0.39 is 5.97 Å². The summed E-state index contributed by atoms with van der Waals surface area (Å²) < 4.78 is 5.83. The van der Waals surface area contributed by atoms with E-state index in [1.165, 1.54) is 77.0 Å². The summed E-state index contributed by atoms with van der Waals surface area (Å²) in [5, 5.41) is 8.87. The van der Waals surface area contributed by atoms with E-state index in [0.29, 0.717) is 12.8 Å². The van der Waals surface area contributed by atoms with Gasteiger partial charge in [-0.25, -0.2) is 0 Å². The van der Waals surface area contributed by atoms with Crippen LogP contribution in [0.1, 0.15) is 168 Å². The molecule has 0 aliphatic rings. The molecule has 0 aromatic rings. The van der Waals surface area contributed by atoms with Gasteiger partial charge >= 0.3 is 11.9 Å². The Hall–Kier alpha value is -1.84. The molecule has 0 aliphatic carbocycles. The van der Waals surface area contributed by atoms with E-state index in [2.05, 4.69) is 50.3 Å². The fraction of sp³-hybridized carbons (Fsp3) is 0.771. The second kappa shape index (κ2) is 30.7. The highest BCUT2D eigenvalue weighted by atomic mass is 16.5. The molecule has 0 aliphatic heterocycles. The van der Waals surface area contributed by atoms with Crippen LogP contribution in [0.3, 0.4) is 0 Å². The minimum atomic E-state index is -0.748. The number of allylic oxidation sites excluding steroid dienone is 6. The standard InChI is InChI=1S/C35H62O4/c1-3-5-7-9-11-12-13-14-15-16-17-18-19-20-22-24-26-32-35(38)39-33(30-27-28-31-34(36)37)29-25-23-21-10-8-6-4-2/h5,7,11-12,14-15,33H,3-4,6,8-10,13,16-32H2,1-2H3,(H,36,37)/b7-5-,12-11-,15-14-. The number of carboxylic acid groups (broad SMARTS) is 1. The molecular formula is C35H62O4. The van der Waals surface area contributed by atoms with Crippen LogP contribution in [0.25, 0.3) is 0 Å². The van der Waals surface area contributed by atoms with Gasteiger partial charge in [0.2, 0.25) is 0 Å². The summed E-state index contributed by atoms with van der Waals surface area (Å²) in [7, 11) is 0. The van der Waals surface area contributed by atoms with Gasteiger partial charge < -0.3 is 9.84 Å². The fourth-order valence-electron chi connectivity index (χ4n) is 4.73. The first-order valence-electron chi connectivity index (χ1n) is 16.5. The Morgan fingerprint density at radius 1 is 0.590 bits per heavy atom. The van der Waals surface area contributed by atoms with Crippen LogP contribution in [0.5, 0.6) is 0 Å². The molecule has 0 saturated carbocycles. The lowest BCUT2D eigenvalue weighted by molar-refractivity contribution is -0.150. The van der Waals surface area contributed by atoms with Crippen molar-refractivity contribution in [2.75, 3.05) is 0 Å². The maximum Gasteiger partial charge on any atom is 0.306 e. The van der Waals surface area contributed by atoms with Crippen molar-refractivity contribution in [1.82, 2.24) is 0 Å². The molecule has 1 N–H and O–H groups in total. The van der Waals surface area contributed by atoms with Crippen molar-refractivity contribution >= 4 is 11.9 Å². The molecule has 0 rings (SSSR count). The molecule has 39 heavy (non-hydrogen) atoms. The number of hydrogen-bond donors (Lipinski definition) is 1. The largest absolute Gasteiger partial charge is 0.481 e. The zero-order valence-electron chi connectivity index (χ0n) is 25.7. The Labute approximate surface area is 241 Å². The van der Waals surface area contributed by atoms with E-state index in [4.69, 9.17) is 9.84 Å². The predicted octanol–water partition coefficient (Wildman–Crippen LogP) is 11.1. The highest BCUT2D eigenvalue weighted by Gasteiger charge is 2.14. The van der Waals surface area contributed by atoms with E-state index >= 15 is 0 Å². The summed E-state index contributed by atoms with van der Waals surface area (Å²) in [6.45, 7) is 4.40. The topological polar surface area (TPSA) is 63.6 Å². The number of carbonyl (C=O) groups excluding carboxylic acids is 1. The SMILES string of the molecule is CC/C=C\C/C=C\C/C=C\CCCCCCCCCC(=O)OC(CCCCCCCCC)CCCCC(=O)O. The predicted molar refractivity (Wildman–Crippen MR) is 167 cm³/mol. The third-order valence-electron chi connectivity index (χ3n) is 7.13. The Bertz CT molecular complexity index is 635. The molecule has 1 unspecified atom stereocenters. The average Bonchev–Trinajstić information content (AvgIpc) is 2.92. The van der Waals surface area contributed by atoms with E-state index in [9.17, 15) is 9.59 Å². The smallest absolute Gasteiger partial charge is 0.306 e. The van der Waals surface area contributed by atoms with Crippen molar-refractivity contribution < 1.29 is 19.4 Å². The first-order chi connectivity index (χ1) is 19.1. The number of carboxylic acids is 1. The third-order valence-corrected chi connectivity index (χ3v) is 7.13. The molecule has 0 heterocycles. The minimum Gasteiger partial charge on any atom is -0.481 e.